The van der Waals surface area contributed by atoms with Gasteiger partial charge in [-0.2, -0.15) is 0 Å². The first kappa shape index (κ1) is 21.0. The van der Waals surface area contributed by atoms with Gasteiger partial charge in [0.25, 0.3) is 11.6 Å². The standard InChI is InChI=1S/C23H19FN4O4/c1-14-11-17(15(2)27(14)18-7-9-19(10-8-18)28(31)32)12-21-22(29)26(23(30)25-21)13-16-5-3-4-6-20(16)24/h3-12H,13H2,1-2H3,(H,25,30)/b21-12+. The summed E-state index contributed by atoms with van der Waals surface area (Å²) < 4.78 is 15.8. The predicted octanol–water partition coefficient (Wildman–Crippen LogP) is 4.23. The average molecular weight is 434 g/mol. The molecule has 1 aliphatic heterocycles. The van der Waals surface area contributed by atoms with Crippen molar-refractivity contribution >= 4 is 23.7 Å². The third kappa shape index (κ3) is 3.76. The van der Waals surface area contributed by atoms with E-state index >= 15 is 0 Å². The molecule has 8 nitrogen and oxygen atoms in total. The first-order valence-corrected chi connectivity index (χ1v) is 9.78. The number of hydrogen-bond acceptors (Lipinski definition) is 4. The molecular formula is C23H19FN4O4. The highest BCUT2D eigenvalue weighted by molar-refractivity contribution is 6.14. The number of non-ortho nitro benzene ring substituents is 1. The average Bonchev–Trinajstić information content (AvgIpc) is 3.19. The van der Waals surface area contributed by atoms with Crippen molar-refractivity contribution in [1.82, 2.24) is 14.8 Å². The highest BCUT2D eigenvalue weighted by Crippen LogP contribution is 2.25. The van der Waals surface area contributed by atoms with Gasteiger partial charge >= 0.3 is 6.03 Å². The first-order valence-electron chi connectivity index (χ1n) is 9.78. The van der Waals surface area contributed by atoms with Crippen LogP contribution >= 0.6 is 0 Å². The van der Waals surface area contributed by atoms with Gasteiger partial charge in [0.2, 0.25) is 0 Å². The van der Waals surface area contributed by atoms with E-state index in [9.17, 15) is 24.1 Å². The number of carbonyl (C=O) groups excluding carboxylic acids is 2. The number of aromatic nitrogens is 1. The van der Waals surface area contributed by atoms with Crippen molar-refractivity contribution in [3.63, 3.8) is 0 Å². The highest BCUT2D eigenvalue weighted by atomic mass is 19.1. The van der Waals surface area contributed by atoms with Crippen molar-refractivity contribution in [2.24, 2.45) is 0 Å². The van der Waals surface area contributed by atoms with Gasteiger partial charge in [0.05, 0.1) is 11.5 Å². The van der Waals surface area contributed by atoms with Crippen LogP contribution in [0.1, 0.15) is 22.5 Å². The third-order valence-electron chi connectivity index (χ3n) is 5.34. The molecule has 4 rings (SSSR count). The van der Waals surface area contributed by atoms with Crippen LogP contribution < -0.4 is 5.32 Å². The van der Waals surface area contributed by atoms with Crippen LogP contribution in [0, 0.1) is 29.8 Å². The number of nitrogens with zero attached hydrogens (tertiary/aromatic N) is 3. The molecule has 1 saturated heterocycles. The molecule has 9 heteroatoms. The van der Waals surface area contributed by atoms with E-state index in [4.69, 9.17) is 0 Å². The fourth-order valence-corrected chi connectivity index (χ4v) is 3.72. The largest absolute Gasteiger partial charge is 0.329 e. The Morgan fingerprint density at radius 1 is 1.09 bits per heavy atom. The minimum Gasteiger partial charge on any atom is -0.318 e. The van der Waals surface area contributed by atoms with Gasteiger partial charge in [-0.3, -0.25) is 19.8 Å². The van der Waals surface area contributed by atoms with Gasteiger partial charge in [-0.15, -0.1) is 0 Å². The number of aryl methyl sites for hydroxylation is 1. The van der Waals surface area contributed by atoms with Gasteiger partial charge in [0, 0.05) is 34.8 Å². The van der Waals surface area contributed by atoms with E-state index in [-0.39, 0.29) is 23.5 Å². The van der Waals surface area contributed by atoms with Crippen LogP contribution in [0.15, 0.2) is 60.3 Å². The molecule has 0 saturated carbocycles. The SMILES string of the molecule is Cc1cc(/C=C2/NC(=O)N(Cc3ccccc3F)C2=O)c(C)n1-c1ccc([N+](=O)[O-])cc1. The van der Waals surface area contributed by atoms with Crippen molar-refractivity contribution < 1.29 is 18.9 Å². The summed E-state index contributed by atoms with van der Waals surface area (Å²) in [6.07, 6.45) is 1.58. The summed E-state index contributed by atoms with van der Waals surface area (Å²) in [5, 5.41) is 13.4. The van der Waals surface area contributed by atoms with Gasteiger partial charge in [0.1, 0.15) is 11.5 Å². The number of imide groups is 1. The number of halogens is 1. The van der Waals surface area contributed by atoms with E-state index in [1.165, 1.54) is 30.3 Å². The lowest BCUT2D eigenvalue weighted by atomic mass is 10.2. The van der Waals surface area contributed by atoms with E-state index in [1.54, 1.807) is 24.3 Å². The Kier molecular flexibility index (Phi) is 5.31. The number of urea groups is 1. The lowest BCUT2D eigenvalue weighted by molar-refractivity contribution is -0.384. The van der Waals surface area contributed by atoms with E-state index < -0.39 is 22.7 Å². The molecule has 162 valence electrons. The summed E-state index contributed by atoms with van der Waals surface area (Å²) >= 11 is 0. The number of nitro benzene ring substituents is 1. The maximum absolute atomic E-state index is 13.9. The Bertz CT molecular complexity index is 1280. The molecule has 1 aliphatic rings. The summed E-state index contributed by atoms with van der Waals surface area (Å²) in [6, 6.07) is 13.4. The van der Waals surface area contributed by atoms with Gasteiger partial charge in [0.15, 0.2) is 0 Å². The second kappa shape index (κ2) is 8.10. The molecule has 0 spiro atoms. The maximum atomic E-state index is 13.9. The molecule has 2 aromatic carbocycles. The van der Waals surface area contributed by atoms with Gasteiger partial charge in [-0.05, 0) is 49.8 Å². The van der Waals surface area contributed by atoms with Crippen LogP contribution in [-0.4, -0.2) is 26.3 Å². The molecule has 32 heavy (non-hydrogen) atoms. The van der Waals surface area contributed by atoms with Crippen molar-refractivity contribution in [2.45, 2.75) is 20.4 Å². The number of hydrogen-bond donors (Lipinski definition) is 1. The maximum Gasteiger partial charge on any atom is 0.329 e. The molecule has 1 fully saturated rings. The molecule has 3 amide bonds. The molecule has 1 aromatic heterocycles. The van der Waals surface area contributed by atoms with Crippen LogP contribution in [0.2, 0.25) is 0 Å². The topological polar surface area (TPSA) is 97.5 Å². The van der Waals surface area contributed by atoms with Crippen molar-refractivity contribution in [3.05, 3.63) is 98.7 Å². The normalized spacial score (nSPS) is 14.8. The number of rotatable bonds is 5. The minimum absolute atomic E-state index is 0.00670. The van der Waals surface area contributed by atoms with Crippen LogP contribution in [0.3, 0.4) is 0 Å². The van der Waals surface area contributed by atoms with Crippen LogP contribution in [0.4, 0.5) is 14.9 Å². The lowest BCUT2D eigenvalue weighted by Gasteiger charge is -2.12. The molecule has 3 aromatic rings. The van der Waals surface area contributed by atoms with E-state index in [0.717, 1.165) is 22.0 Å². The number of carbonyl (C=O) groups is 2. The summed E-state index contributed by atoms with van der Waals surface area (Å²) in [4.78, 5) is 36.5. The molecule has 1 N–H and O–H groups in total. The second-order valence-electron chi connectivity index (χ2n) is 7.41. The Labute approximate surface area is 182 Å². The minimum atomic E-state index is -0.617. The highest BCUT2D eigenvalue weighted by Gasteiger charge is 2.34. The summed E-state index contributed by atoms with van der Waals surface area (Å²) in [5.74, 6) is -1.03. The Morgan fingerprint density at radius 2 is 1.78 bits per heavy atom. The Balaban J connectivity index is 1.62. The molecule has 0 aliphatic carbocycles. The zero-order valence-corrected chi connectivity index (χ0v) is 17.3. The summed E-state index contributed by atoms with van der Waals surface area (Å²) in [6.45, 7) is 3.55. The quantitative estimate of drug-likeness (QED) is 0.281. The fraction of sp³-hybridized carbons (Fsp3) is 0.130. The molecule has 2 heterocycles. The van der Waals surface area contributed by atoms with Gasteiger partial charge in [-0.25, -0.2) is 9.18 Å². The Hall–Kier alpha value is -4.27. The predicted molar refractivity (Wildman–Crippen MR) is 115 cm³/mol. The summed E-state index contributed by atoms with van der Waals surface area (Å²) in [5.41, 5.74) is 3.41. The Morgan fingerprint density at radius 3 is 2.44 bits per heavy atom. The van der Waals surface area contributed by atoms with E-state index in [0.29, 0.717) is 5.56 Å². The molecule has 0 radical (unpaired) electrons. The number of nitrogens with one attached hydrogen (secondary N) is 1. The van der Waals surface area contributed by atoms with Crippen LogP contribution in [0.5, 0.6) is 0 Å². The molecule has 0 bridgehead atoms. The van der Waals surface area contributed by atoms with Crippen LogP contribution in [-0.2, 0) is 11.3 Å². The van der Waals surface area contributed by atoms with Crippen molar-refractivity contribution in [1.29, 1.82) is 0 Å². The smallest absolute Gasteiger partial charge is 0.318 e. The van der Waals surface area contributed by atoms with Gasteiger partial charge in [-0.1, -0.05) is 18.2 Å². The van der Waals surface area contributed by atoms with E-state index in [2.05, 4.69) is 5.32 Å². The number of nitro groups is 1. The third-order valence-corrected chi connectivity index (χ3v) is 5.34. The summed E-state index contributed by atoms with van der Waals surface area (Å²) in [7, 11) is 0. The second-order valence-corrected chi connectivity index (χ2v) is 7.41. The molecule has 0 atom stereocenters. The lowest BCUT2D eigenvalue weighted by Crippen LogP contribution is -2.30. The zero-order valence-electron chi connectivity index (χ0n) is 17.3. The monoisotopic (exact) mass is 434 g/mol. The van der Waals surface area contributed by atoms with Crippen molar-refractivity contribution in [2.75, 3.05) is 0 Å². The first-order chi connectivity index (χ1) is 15.3. The van der Waals surface area contributed by atoms with Gasteiger partial charge < -0.3 is 9.88 Å². The van der Waals surface area contributed by atoms with E-state index in [1.807, 2.05) is 24.5 Å². The molecular weight excluding hydrogens is 415 g/mol. The zero-order chi connectivity index (χ0) is 23.0. The number of benzene rings is 2. The van der Waals surface area contributed by atoms with Crippen LogP contribution in [0.25, 0.3) is 11.8 Å². The fourth-order valence-electron chi connectivity index (χ4n) is 3.72. The van der Waals surface area contributed by atoms with Crippen molar-refractivity contribution in [3.8, 4) is 5.69 Å². The molecule has 0 unspecified atom stereocenters. The number of amides is 3.